The average Bonchev–Trinajstić information content (AvgIpc) is 2.66. The number of benzene rings is 2. The Hall–Kier alpha value is -3.19. The number of amides is 1. The van der Waals surface area contributed by atoms with Gasteiger partial charge in [-0.2, -0.15) is 0 Å². The Morgan fingerprint density at radius 1 is 1.19 bits per heavy atom. The summed E-state index contributed by atoms with van der Waals surface area (Å²) in [6.07, 6.45) is 2.57. The molecule has 1 N–H and O–H groups in total. The Bertz CT molecular complexity index is 974. The lowest BCUT2D eigenvalue weighted by Crippen LogP contribution is -2.24. The van der Waals surface area contributed by atoms with Crippen LogP contribution >= 0.6 is 0 Å². The van der Waals surface area contributed by atoms with Crippen LogP contribution in [0.4, 0.5) is 10.1 Å². The minimum absolute atomic E-state index is 0.117. The predicted molar refractivity (Wildman–Crippen MR) is 102 cm³/mol. The van der Waals surface area contributed by atoms with E-state index >= 15 is 0 Å². The Labute approximate surface area is 152 Å². The summed E-state index contributed by atoms with van der Waals surface area (Å²) in [6.45, 7) is 1.76. The van der Waals surface area contributed by atoms with Crippen molar-refractivity contribution in [1.82, 2.24) is 4.98 Å². The first kappa shape index (κ1) is 17.6. The Balaban J connectivity index is 1.79. The second-order valence-electron chi connectivity index (χ2n) is 6.04. The maximum atomic E-state index is 13.7. The van der Waals surface area contributed by atoms with Crippen LogP contribution in [0.2, 0.25) is 0 Å². The van der Waals surface area contributed by atoms with Crippen LogP contribution in [0.5, 0.6) is 0 Å². The SMILES string of the molecule is CC#CCC(Cc1ccccc1)C(=O)Nc1cnc2c(F)cccc2c1. The molecule has 2 aromatic carbocycles. The highest BCUT2D eigenvalue weighted by molar-refractivity contribution is 5.94. The van der Waals surface area contributed by atoms with Gasteiger partial charge in [-0.3, -0.25) is 9.78 Å². The number of aromatic nitrogens is 1. The van der Waals surface area contributed by atoms with Gasteiger partial charge in [0.2, 0.25) is 5.91 Å². The van der Waals surface area contributed by atoms with Crippen LogP contribution in [0.1, 0.15) is 18.9 Å². The van der Waals surface area contributed by atoms with Crippen molar-refractivity contribution in [3.05, 3.63) is 72.2 Å². The van der Waals surface area contributed by atoms with Gasteiger partial charge >= 0.3 is 0 Å². The normalized spacial score (nSPS) is 11.5. The molecule has 0 bridgehead atoms. The summed E-state index contributed by atoms with van der Waals surface area (Å²) >= 11 is 0. The van der Waals surface area contributed by atoms with Crippen molar-refractivity contribution in [3.8, 4) is 11.8 Å². The minimum atomic E-state index is -0.374. The number of rotatable bonds is 5. The van der Waals surface area contributed by atoms with Gasteiger partial charge < -0.3 is 5.32 Å². The first-order valence-corrected chi connectivity index (χ1v) is 8.46. The van der Waals surface area contributed by atoms with Crippen molar-refractivity contribution in [2.24, 2.45) is 5.92 Å². The molecule has 0 saturated heterocycles. The van der Waals surface area contributed by atoms with E-state index in [4.69, 9.17) is 0 Å². The maximum absolute atomic E-state index is 13.7. The zero-order chi connectivity index (χ0) is 18.4. The predicted octanol–water partition coefficient (Wildman–Crippen LogP) is 4.58. The molecule has 0 aliphatic carbocycles. The van der Waals surface area contributed by atoms with Crippen LogP contribution in [0.3, 0.4) is 0 Å². The van der Waals surface area contributed by atoms with Gasteiger partial charge in [0, 0.05) is 11.8 Å². The highest BCUT2D eigenvalue weighted by Crippen LogP contribution is 2.20. The molecule has 3 rings (SSSR count). The van der Waals surface area contributed by atoms with Gasteiger partial charge in [0.05, 0.1) is 17.8 Å². The summed E-state index contributed by atoms with van der Waals surface area (Å²) in [6, 6.07) is 16.4. The quantitative estimate of drug-likeness (QED) is 0.687. The number of nitrogens with zero attached hydrogens (tertiary/aromatic N) is 1. The van der Waals surface area contributed by atoms with Gasteiger partial charge in [-0.1, -0.05) is 42.5 Å². The third-order valence-corrected chi connectivity index (χ3v) is 4.15. The highest BCUT2D eigenvalue weighted by atomic mass is 19.1. The van der Waals surface area contributed by atoms with Gasteiger partial charge in [0.15, 0.2) is 0 Å². The van der Waals surface area contributed by atoms with Crippen LogP contribution in [0.25, 0.3) is 10.9 Å². The molecule has 0 fully saturated rings. The average molecular weight is 346 g/mol. The number of hydrogen-bond donors (Lipinski definition) is 1. The number of para-hydroxylation sites is 1. The molecule has 130 valence electrons. The van der Waals surface area contributed by atoms with E-state index in [0.29, 0.717) is 29.4 Å². The van der Waals surface area contributed by atoms with Crippen LogP contribution < -0.4 is 5.32 Å². The van der Waals surface area contributed by atoms with E-state index in [-0.39, 0.29) is 17.6 Å². The lowest BCUT2D eigenvalue weighted by atomic mass is 9.95. The summed E-state index contributed by atoms with van der Waals surface area (Å²) in [5.41, 5.74) is 1.93. The molecule has 1 heterocycles. The van der Waals surface area contributed by atoms with Crippen molar-refractivity contribution in [3.63, 3.8) is 0 Å². The molecule has 1 amide bonds. The molecule has 0 aliphatic rings. The Morgan fingerprint density at radius 2 is 2.00 bits per heavy atom. The van der Waals surface area contributed by atoms with Crippen LogP contribution in [-0.4, -0.2) is 10.9 Å². The Kier molecular flexibility index (Phi) is 5.60. The fourth-order valence-electron chi connectivity index (χ4n) is 2.82. The summed E-state index contributed by atoms with van der Waals surface area (Å²) in [7, 11) is 0. The number of fused-ring (bicyclic) bond motifs is 1. The van der Waals surface area contributed by atoms with E-state index in [0.717, 1.165) is 5.56 Å². The standard InChI is InChI=1S/C22H19FN2O/c1-2-3-10-18(13-16-8-5-4-6-9-16)22(26)25-19-14-17-11-7-12-20(23)21(17)24-15-19/h4-9,11-12,14-15,18H,10,13H2,1H3,(H,25,26). The number of anilines is 1. The summed E-state index contributed by atoms with van der Waals surface area (Å²) in [4.78, 5) is 16.9. The van der Waals surface area contributed by atoms with E-state index in [1.54, 1.807) is 25.1 Å². The minimum Gasteiger partial charge on any atom is -0.324 e. The zero-order valence-electron chi connectivity index (χ0n) is 14.5. The maximum Gasteiger partial charge on any atom is 0.228 e. The molecule has 4 heteroatoms. The highest BCUT2D eigenvalue weighted by Gasteiger charge is 2.18. The van der Waals surface area contributed by atoms with Gasteiger partial charge in [-0.25, -0.2) is 4.39 Å². The van der Waals surface area contributed by atoms with Gasteiger partial charge in [0.1, 0.15) is 11.3 Å². The van der Waals surface area contributed by atoms with Crippen molar-refractivity contribution in [1.29, 1.82) is 0 Å². The number of halogens is 1. The first-order chi connectivity index (χ1) is 12.7. The van der Waals surface area contributed by atoms with E-state index in [9.17, 15) is 9.18 Å². The van der Waals surface area contributed by atoms with Crippen LogP contribution in [0.15, 0.2) is 60.8 Å². The van der Waals surface area contributed by atoms with Gasteiger partial charge in [-0.05, 0) is 31.0 Å². The molecule has 1 unspecified atom stereocenters. The van der Waals surface area contributed by atoms with E-state index in [1.807, 2.05) is 30.3 Å². The molecule has 1 aromatic heterocycles. The summed E-state index contributed by atoms with van der Waals surface area (Å²) < 4.78 is 13.7. The number of carbonyl (C=O) groups excluding carboxylic acids is 1. The van der Waals surface area contributed by atoms with Crippen LogP contribution in [-0.2, 0) is 11.2 Å². The van der Waals surface area contributed by atoms with Crippen molar-refractivity contribution >= 4 is 22.5 Å². The van der Waals surface area contributed by atoms with Crippen molar-refractivity contribution in [2.75, 3.05) is 5.32 Å². The fourth-order valence-corrected chi connectivity index (χ4v) is 2.82. The van der Waals surface area contributed by atoms with Gasteiger partial charge in [-0.15, -0.1) is 11.8 Å². The first-order valence-electron chi connectivity index (χ1n) is 8.46. The molecular formula is C22H19FN2O. The fraction of sp³-hybridized carbons (Fsp3) is 0.182. The molecule has 0 radical (unpaired) electrons. The smallest absolute Gasteiger partial charge is 0.228 e. The molecule has 0 spiro atoms. The number of nitrogens with one attached hydrogen (secondary N) is 1. The lowest BCUT2D eigenvalue weighted by molar-refractivity contribution is -0.119. The summed E-state index contributed by atoms with van der Waals surface area (Å²) in [5.74, 6) is 5.08. The molecule has 0 saturated carbocycles. The van der Waals surface area contributed by atoms with E-state index in [1.165, 1.54) is 12.3 Å². The van der Waals surface area contributed by atoms with Crippen molar-refractivity contribution < 1.29 is 9.18 Å². The lowest BCUT2D eigenvalue weighted by Gasteiger charge is -2.15. The Morgan fingerprint density at radius 3 is 2.77 bits per heavy atom. The topological polar surface area (TPSA) is 42.0 Å². The zero-order valence-corrected chi connectivity index (χ0v) is 14.5. The van der Waals surface area contributed by atoms with E-state index < -0.39 is 0 Å². The number of hydrogen-bond acceptors (Lipinski definition) is 2. The van der Waals surface area contributed by atoms with Crippen LogP contribution in [0, 0.1) is 23.6 Å². The molecule has 3 nitrogen and oxygen atoms in total. The van der Waals surface area contributed by atoms with E-state index in [2.05, 4.69) is 22.1 Å². The van der Waals surface area contributed by atoms with Crippen molar-refractivity contribution in [2.45, 2.75) is 19.8 Å². The number of carbonyl (C=O) groups is 1. The third-order valence-electron chi connectivity index (χ3n) is 4.15. The second kappa shape index (κ2) is 8.26. The second-order valence-corrected chi connectivity index (χ2v) is 6.04. The summed E-state index contributed by atoms with van der Waals surface area (Å²) in [5, 5.41) is 3.54. The largest absolute Gasteiger partial charge is 0.324 e. The third kappa shape index (κ3) is 4.25. The molecule has 26 heavy (non-hydrogen) atoms. The van der Waals surface area contributed by atoms with Gasteiger partial charge in [0.25, 0.3) is 0 Å². The molecule has 1 atom stereocenters. The molecule has 0 aliphatic heterocycles. The molecular weight excluding hydrogens is 327 g/mol. The monoisotopic (exact) mass is 346 g/mol. The molecule has 3 aromatic rings. The number of pyridine rings is 1.